The number of esters is 1. The van der Waals surface area contributed by atoms with Gasteiger partial charge in [-0.15, -0.1) is 23.1 Å². The summed E-state index contributed by atoms with van der Waals surface area (Å²) in [5.74, 6) is -0.113. The van der Waals surface area contributed by atoms with Crippen molar-refractivity contribution >= 4 is 58.6 Å². The van der Waals surface area contributed by atoms with E-state index >= 15 is 0 Å². The molecule has 3 heterocycles. The van der Waals surface area contributed by atoms with Gasteiger partial charge in [0.2, 0.25) is 11.8 Å². The van der Waals surface area contributed by atoms with Gasteiger partial charge in [0.1, 0.15) is 33.9 Å². The van der Waals surface area contributed by atoms with Crippen molar-refractivity contribution in [1.29, 1.82) is 0 Å². The molecule has 2 atom stereocenters. The number of aliphatic imine (C=N–C) groups is 1. The highest BCUT2D eigenvalue weighted by Gasteiger charge is 2.39. The van der Waals surface area contributed by atoms with Gasteiger partial charge in [-0.05, 0) is 32.1 Å². The van der Waals surface area contributed by atoms with Gasteiger partial charge in [0.15, 0.2) is 0 Å². The lowest BCUT2D eigenvalue weighted by Gasteiger charge is -2.19. The van der Waals surface area contributed by atoms with Crippen LogP contribution >= 0.6 is 35.7 Å². The molecule has 1 aromatic heterocycles. The standard InChI is InChI=1S/C18H22N4O4S3.C7H8/c1-18-10-29-16(22-18)12-9-28-14(21-12)7-19-13(23)6-11(4-2-3-5-27)26-15(24)8-20-17(18)25;1-7-5-3-2-4-6-7/h2,4,9,11,27H,3,5-8,10H2,1H3,(H,19,23)(H,20,25);2-6H,1H3/b4-2+;. The fourth-order valence-corrected chi connectivity index (χ4v) is 5.30. The van der Waals surface area contributed by atoms with Crippen LogP contribution in [0.2, 0.25) is 0 Å². The number of ether oxygens (including phenoxy) is 1. The number of aromatic nitrogens is 1. The van der Waals surface area contributed by atoms with Gasteiger partial charge in [-0.25, -0.2) is 4.98 Å². The highest BCUT2D eigenvalue weighted by Crippen LogP contribution is 2.31. The minimum Gasteiger partial charge on any atom is -0.456 e. The molecule has 2 aliphatic rings. The number of thioether (sulfide) groups is 1. The minimum atomic E-state index is -0.971. The number of hydrogen-bond donors (Lipinski definition) is 3. The molecule has 0 saturated carbocycles. The molecular formula is C25H30N4O4S3. The van der Waals surface area contributed by atoms with Gasteiger partial charge in [-0.3, -0.25) is 19.4 Å². The molecule has 0 radical (unpaired) electrons. The number of aryl methyl sites for hydroxylation is 1. The normalized spacial score (nSPS) is 22.7. The Hall–Kier alpha value is -2.63. The van der Waals surface area contributed by atoms with Crippen molar-refractivity contribution in [1.82, 2.24) is 15.6 Å². The Morgan fingerprint density at radius 2 is 1.97 bits per heavy atom. The molecule has 0 aliphatic carbocycles. The van der Waals surface area contributed by atoms with Crippen LogP contribution in [0.4, 0.5) is 0 Å². The van der Waals surface area contributed by atoms with Crippen LogP contribution in [0.15, 0.2) is 52.9 Å². The van der Waals surface area contributed by atoms with Crippen molar-refractivity contribution in [3.05, 3.63) is 64.1 Å². The average Bonchev–Trinajstić information content (AvgIpc) is 3.49. The molecule has 4 bridgehead atoms. The van der Waals surface area contributed by atoms with Crippen molar-refractivity contribution in [2.75, 3.05) is 18.1 Å². The second-order valence-corrected chi connectivity index (χ2v) is 10.7. The highest BCUT2D eigenvalue weighted by molar-refractivity contribution is 8.14. The maximum Gasteiger partial charge on any atom is 0.326 e. The Bertz CT molecular complexity index is 1120. The smallest absolute Gasteiger partial charge is 0.326 e. The number of amides is 2. The van der Waals surface area contributed by atoms with Gasteiger partial charge in [-0.2, -0.15) is 12.6 Å². The molecular weight excluding hydrogens is 517 g/mol. The van der Waals surface area contributed by atoms with Gasteiger partial charge in [0, 0.05) is 11.1 Å². The predicted octanol–water partition coefficient (Wildman–Crippen LogP) is 3.31. The first-order valence-corrected chi connectivity index (χ1v) is 14.0. The molecule has 192 valence electrons. The second-order valence-electron chi connectivity index (χ2n) is 8.39. The molecule has 1 aromatic carbocycles. The van der Waals surface area contributed by atoms with Crippen LogP contribution in [-0.4, -0.2) is 57.5 Å². The van der Waals surface area contributed by atoms with Gasteiger partial charge >= 0.3 is 5.97 Å². The third-order valence-electron chi connectivity index (χ3n) is 5.18. The molecule has 2 N–H and O–H groups in total. The zero-order valence-electron chi connectivity index (χ0n) is 20.2. The first-order valence-electron chi connectivity index (χ1n) is 11.5. The van der Waals surface area contributed by atoms with Crippen LogP contribution in [0.5, 0.6) is 0 Å². The van der Waals surface area contributed by atoms with Crippen molar-refractivity contribution in [3.8, 4) is 0 Å². The molecule has 0 spiro atoms. The third kappa shape index (κ3) is 8.49. The lowest BCUT2D eigenvalue weighted by Crippen LogP contribution is -2.46. The number of cyclic esters (lactones) is 1. The number of fused-ring (bicyclic) bond motifs is 4. The van der Waals surface area contributed by atoms with E-state index in [0.29, 0.717) is 28.7 Å². The summed E-state index contributed by atoms with van der Waals surface area (Å²) >= 11 is 7.00. The lowest BCUT2D eigenvalue weighted by atomic mass is 10.1. The van der Waals surface area contributed by atoms with Crippen LogP contribution in [0, 0.1) is 6.92 Å². The van der Waals surface area contributed by atoms with Crippen LogP contribution < -0.4 is 10.6 Å². The first-order chi connectivity index (χ1) is 17.3. The maximum absolute atomic E-state index is 12.6. The molecule has 0 saturated heterocycles. The number of benzene rings is 1. The number of thiazole rings is 1. The molecule has 2 aromatic rings. The summed E-state index contributed by atoms with van der Waals surface area (Å²) in [6.07, 6.45) is 3.44. The zero-order valence-corrected chi connectivity index (χ0v) is 22.8. The van der Waals surface area contributed by atoms with E-state index in [2.05, 4.69) is 52.3 Å². The molecule has 4 rings (SSSR count). The number of nitrogens with zero attached hydrogens (tertiary/aromatic N) is 2. The summed E-state index contributed by atoms with van der Waals surface area (Å²) in [5.41, 5.74) is 1.05. The first kappa shape index (κ1) is 27.9. The fraction of sp³-hybridized carbons (Fsp3) is 0.400. The number of nitrogens with one attached hydrogen (secondary N) is 2. The van der Waals surface area contributed by atoms with Crippen molar-refractivity contribution in [3.63, 3.8) is 0 Å². The molecule has 8 nitrogen and oxygen atoms in total. The lowest BCUT2D eigenvalue weighted by molar-refractivity contribution is -0.148. The topological polar surface area (TPSA) is 110 Å². The summed E-state index contributed by atoms with van der Waals surface area (Å²) in [5, 5.41) is 8.68. The third-order valence-corrected chi connectivity index (χ3v) is 7.57. The molecule has 2 amide bonds. The molecule has 36 heavy (non-hydrogen) atoms. The zero-order chi connectivity index (χ0) is 26.0. The Kier molecular flexibility index (Phi) is 10.6. The summed E-state index contributed by atoms with van der Waals surface area (Å²) in [6.45, 7) is 3.80. The van der Waals surface area contributed by atoms with Crippen molar-refractivity contribution in [2.45, 2.75) is 44.9 Å². The molecule has 0 fully saturated rings. The highest BCUT2D eigenvalue weighted by atomic mass is 32.2. The second kappa shape index (κ2) is 13.6. The van der Waals surface area contributed by atoms with Crippen LogP contribution in [0.25, 0.3) is 0 Å². The van der Waals surface area contributed by atoms with Crippen LogP contribution in [0.3, 0.4) is 0 Å². The van der Waals surface area contributed by atoms with Gasteiger partial charge in [0.05, 0.1) is 13.0 Å². The molecule has 2 aliphatic heterocycles. The minimum absolute atomic E-state index is 0.0126. The van der Waals surface area contributed by atoms with E-state index in [0.717, 1.165) is 5.01 Å². The number of hydrogen-bond acceptors (Lipinski definition) is 9. The number of rotatable bonds is 3. The van der Waals surface area contributed by atoms with Gasteiger partial charge in [-0.1, -0.05) is 42.0 Å². The van der Waals surface area contributed by atoms with E-state index in [9.17, 15) is 14.4 Å². The van der Waals surface area contributed by atoms with E-state index < -0.39 is 17.6 Å². The Morgan fingerprint density at radius 1 is 1.19 bits per heavy atom. The van der Waals surface area contributed by atoms with E-state index in [-0.39, 0.29) is 31.3 Å². The van der Waals surface area contributed by atoms with Gasteiger partial charge in [0.25, 0.3) is 0 Å². The largest absolute Gasteiger partial charge is 0.456 e. The molecule has 11 heteroatoms. The van der Waals surface area contributed by atoms with E-state index in [4.69, 9.17) is 4.74 Å². The summed E-state index contributed by atoms with van der Waals surface area (Å²) in [7, 11) is 0. The van der Waals surface area contributed by atoms with Gasteiger partial charge < -0.3 is 15.4 Å². The van der Waals surface area contributed by atoms with E-state index in [1.54, 1.807) is 13.0 Å². The number of carbonyl (C=O) groups is 3. The number of thiol groups is 1. The molecule has 2 unspecified atom stereocenters. The Labute approximate surface area is 224 Å². The number of carbonyl (C=O) groups excluding carboxylic acids is 3. The van der Waals surface area contributed by atoms with E-state index in [1.165, 1.54) is 28.7 Å². The quantitative estimate of drug-likeness (QED) is 0.310. The average molecular weight is 547 g/mol. The summed E-state index contributed by atoms with van der Waals surface area (Å²) in [4.78, 5) is 46.1. The summed E-state index contributed by atoms with van der Waals surface area (Å²) < 4.78 is 5.38. The van der Waals surface area contributed by atoms with Crippen LogP contribution in [0.1, 0.15) is 36.0 Å². The van der Waals surface area contributed by atoms with Crippen molar-refractivity contribution in [2.24, 2.45) is 4.99 Å². The predicted molar refractivity (Wildman–Crippen MR) is 148 cm³/mol. The SMILES string of the molecule is CC12CSC(=N1)c1csc(n1)CNC(=O)CC(/C=C/CCS)OC(=O)CNC2=O.Cc1ccccc1. The maximum atomic E-state index is 12.6. The van der Waals surface area contributed by atoms with Crippen molar-refractivity contribution < 1.29 is 19.1 Å². The monoisotopic (exact) mass is 546 g/mol. The Balaban J connectivity index is 0.000000444. The number of allylic oxidation sites excluding steroid dienone is 1. The fourth-order valence-electron chi connectivity index (χ4n) is 3.22. The van der Waals surface area contributed by atoms with E-state index in [1.807, 2.05) is 29.7 Å². The summed E-state index contributed by atoms with van der Waals surface area (Å²) in [6, 6.07) is 10.3. The van der Waals surface area contributed by atoms with Crippen LogP contribution in [-0.2, 0) is 25.7 Å². The Morgan fingerprint density at radius 3 is 2.67 bits per heavy atom.